The number of aromatic nitrogens is 4. The third-order valence-electron chi connectivity index (χ3n) is 5.25. The van der Waals surface area contributed by atoms with Gasteiger partial charge in [-0.3, -0.25) is 14.3 Å². The normalized spacial score (nSPS) is 13.5. The van der Waals surface area contributed by atoms with Crippen molar-refractivity contribution >= 4 is 17.5 Å². The minimum atomic E-state index is -0.642. The van der Waals surface area contributed by atoms with E-state index in [-0.39, 0.29) is 28.9 Å². The van der Waals surface area contributed by atoms with Crippen LogP contribution in [0.5, 0.6) is 0 Å². The van der Waals surface area contributed by atoms with Crippen LogP contribution in [0.25, 0.3) is 17.3 Å². The predicted molar refractivity (Wildman–Crippen MR) is 113 cm³/mol. The smallest absolute Gasteiger partial charge is 0.268 e. The lowest BCUT2D eigenvalue weighted by atomic mass is 10.1. The lowest BCUT2D eigenvalue weighted by molar-refractivity contribution is 0.0788. The molecular weight excluding hydrogens is 423 g/mol. The minimum Gasteiger partial charge on any atom is -0.418 e. The maximum Gasteiger partial charge on any atom is 0.268 e. The predicted octanol–water partition coefficient (Wildman–Crippen LogP) is 3.92. The highest BCUT2D eigenvalue weighted by molar-refractivity contribution is 6.34. The highest BCUT2D eigenvalue weighted by Gasteiger charge is 2.31. The molecule has 0 aliphatic carbocycles. The highest BCUT2D eigenvalue weighted by atomic mass is 35.5. The van der Waals surface area contributed by atoms with E-state index in [0.29, 0.717) is 29.5 Å². The maximum atomic E-state index is 14.0. The number of imidazole rings is 1. The topological polar surface area (TPSA) is 80.3 Å². The number of nitrogens with zero attached hydrogens (tertiary/aromatic N) is 6. The number of halogens is 2. The molecule has 0 N–H and O–H groups in total. The molecule has 0 unspecified atom stereocenters. The average molecular weight is 447 g/mol. The molecule has 8 nitrogen and oxygen atoms in total. The van der Waals surface area contributed by atoms with Crippen LogP contribution in [0.4, 0.5) is 4.39 Å². The van der Waals surface area contributed by atoms with Crippen molar-refractivity contribution < 1.29 is 13.6 Å². The van der Waals surface area contributed by atoms with Crippen molar-refractivity contribution in [2.75, 3.05) is 20.1 Å². The second-order valence-electron chi connectivity index (χ2n) is 7.60. The molecule has 3 aromatic rings. The summed E-state index contributed by atoms with van der Waals surface area (Å²) in [4.78, 5) is 21.1. The van der Waals surface area contributed by atoms with Crippen molar-refractivity contribution in [1.82, 2.24) is 29.5 Å². The molecular formula is C21H24ClFN6O2. The maximum absolute atomic E-state index is 14.0. The summed E-state index contributed by atoms with van der Waals surface area (Å²) in [5.74, 6) is -0.206. The zero-order valence-electron chi connectivity index (χ0n) is 17.7. The number of hydrogen-bond donors (Lipinski definition) is 0. The van der Waals surface area contributed by atoms with Gasteiger partial charge < -0.3 is 9.32 Å². The molecule has 164 valence electrons. The standard InChI is InChI=1S/C21H24ClFN6O2/c1-4-8-28(9-5-2)11-16-25-26-20(31-16)19-15-10-27(3)21(30)17-14(29(15)12-24-19)7-6-13(23)18(17)22/h6-7,12H,4-5,8-11H2,1-3H3. The summed E-state index contributed by atoms with van der Waals surface area (Å²) >= 11 is 6.14. The first-order chi connectivity index (χ1) is 14.9. The molecule has 0 atom stereocenters. The SMILES string of the molecule is CCCN(CCC)Cc1nnc(-c2ncn3c2CN(C)C(=O)c2c-3ccc(F)c2Cl)o1. The zero-order chi connectivity index (χ0) is 22.1. The van der Waals surface area contributed by atoms with Gasteiger partial charge in [0.05, 0.1) is 35.1 Å². The summed E-state index contributed by atoms with van der Waals surface area (Å²) in [6.07, 6.45) is 3.64. The van der Waals surface area contributed by atoms with E-state index in [4.69, 9.17) is 16.0 Å². The molecule has 1 aliphatic heterocycles. The first-order valence-electron chi connectivity index (χ1n) is 10.3. The number of fused-ring (bicyclic) bond motifs is 3. The van der Waals surface area contributed by atoms with Crippen molar-refractivity contribution in [2.45, 2.75) is 39.8 Å². The van der Waals surface area contributed by atoms with Gasteiger partial charge in [0, 0.05) is 7.05 Å². The van der Waals surface area contributed by atoms with Crippen molar-refractivity contribution in [3.05, 3.63) is 46.4 Å². The molecule has 10 heteroatoms. The van der Waals surface area contributed by atoms with Gasteiger partial charge in [-0.2, -0.15) is 0 Å². The van der Waals surface area contributed by atoms with E-state index in [9.17, 15) is 9.18 Å². The lowest BCUT2D eigenvalue weighted by Gasteiger charge is -2.18. The van der Waals surface area contributed by atoms with Crippen molar-refractivity contribution in [3.63, 3.8) is 0 Å². The van der Waals surface area contributed by atoms with Crippen LogP contribution in [0.15, 0.2) is 22.9 Å². The molecule has 0 bridgehead atoms. The van der Waals surface area contributed by atoms with Crippen molar-refractivity contribution in [1.29, 1.82) is 0 Å². The molecule has 0 saturated heterocycles. The third-order valence-corrected chi connectivity index (χ3v) is 5.62. The van der Waals surface area contributed by atoms with Gasteiger partial charge in [0.25, 0.3) is 11.8 Å². The first-order valence-corrected chi connectivity index (χ1v) is 10.7. The van der Waals surface area contributed by atoms with Crippen molar-refractivity contribution in [2.24, 2.45) is 0 Å². The minimum absolute atomic E-state index is 0.104. The summed E-state index contributed by atoms with van der Waals surface area (Å²) in [5.41, 5.74) is 1.75. The molecule has 0 radical (unpaired) electrons. The second kappa shape index (κ2) is 8.76. The molecule has 0 spiro atoms. The average Bonchev–Trinajstić information content (AvgIpc) is 3.34. The van der Waals surface area contributed by atoms with Crippen LogP contribution in [0.2, 0.25) is 5.02 Å². The van der Waals surface area contributed by atoms with Gasteiger partial charge in [-0.1, -0.05) is 25.4 Å². The summed E-state index contributed by atoms with van der Waals surface area (Å²) in [6, 6.07) is 2.76. The molecule has 2 aromatic heterocycles. The van der Waals surface area contributed by atoms with Crippen LogP contribution in [0.1, 0.15) is 48.6 Å². The Morgan fingerprint density at radius 2 is 1.97 bits per heavy atom. The molecule has 1 aromatic carbocycles. The van der Waals surface area contributed by atoms with Crippen LogP contribution < -0.4 is 0 Å². The Morgan fingerprint density at radius 3 is 2.68 bits per heavy atom. The molecule has 0 saturated carbocycles. The Hall–Kier alpha value is -2.78. The number of carbonyl (C=O) groups is 1. The lowest BCUT2D eigenvalue weighted by Crippen LogP contribution is -2.25. The molecule has 1 amide bonds. The van der Waals surface area contributed by atoms with Gasteiger partial charge in [-0.05, 0) is 38.1 Å². The number of amides is 1. The van der Waals surface area contributed by atoms with Gasteiger partial charge in [0.15, 0.2) is 5.69 Å². The summed E-state index contributed by atoms with van der Waals surface area (Å²) in [6.45, 7) is 6.97. The van der Waals surface area contributed by atoms with Crippen LogP contribution in [0, 0.1) is 5.82 Å². The van der Waals surface area contributed by atoms with Crippen LogP contribution in [0.3, 0.4) is 0 Å². The fourth-order valence-electron chi connectivity index (χ4n) is 3.85. The molecule has 4 rings (SSSR count). The van der Waals surface area contributed by atoms with Gasteiger partial charge in [-0.15, -0.1) is 10.2 Å². The van der Waals surface area contributed by atoms with E-state index in [0.717, 1.165) is 25.9 Å². The number of benzene rings is 1. The van der Waals surface area contributed by atoms with Crippen LogP contribution in [-0.4, -0.2) is 55.6 Å². The first kappa shape index (κ1) is 21.5. The Bertz CT molecular complexity index is 1110. The van der Waals surface area contributed by atoms with E-state index in [1.54, 1.807) is 17.9 Å². The van der Waals surface area contributed by atoms with E-state index < -0.39 is 5.82 Å². The molecule has 1 aliphatic rings. The van der Waals surface area contributed by atoms with Gasteiger partial charge >= 0.3 is 0 Å². The molecule has 0 fully saturated rings. The Labute approximate surface area is 184 Å². The summed E-state index contributed by atoms with van der Waals surface area (Å²) < 4.78 is 21.7. The Balaban J connectivity index is 1.72. The Morgan fingerprint density at radius 1 is 1.23 bits per heavy atom. The highest BCUT2D eigenvalue weighted by Crippen LogP contribution is 2.34. The van der Waals surface area contributed by atoms with E-state index >= 15 is 0 Å². The quantitative estimate of drug-likeness (QED) is 0.547. The fourth-order valence-corrected chi connectivity index (χ4v) is 4.09. The number of rotatable bonds is 7. The molecule has 31 heavy (non-hydrogen) atoms. The van der Waals surface area contributed by atoms with E-state index in [1.807, 2.05) is 0 Å². The monoisotopic (exact) mass is 446 g/mol. The summed E-state index contributed by atoms with van der Waals surface area (Å²) in [5, 5.41) is 8.18. The van der Waals surface area contributed by atoms with Crippen LogP contribution >= 0.6 is 11.6 Å². The number of hydrogen-bond acceptors (Lipinski definition) is 6. The Kier molecular flexibility index (Phi) is 6.06. The van der Waals surface area contributed by atoms with Crippen molar-refractivity contribution in [3.8, 4) is 17.3 Å². The van der Waals surface area contributed by atoms with E-state index in [1.165, 1.54) is 17.0 Å². The molecule has 3 heterocycles. The summed E-state index contributed by atoms with van der Waals surface area (Å²) in [7, 11) is 1.63. The van der Waals surface area contributed by atoms with Gasteiger partial charge in [0.1, 0.15) is 12.1 Å². The second-order valence-corrected chi connectivity index (χ2v) is 7.98. The largest absolute Gasteiger partial charge is 0.418 e. The van der Waals surface area contributed by atoms with Crippen LogP contribution in [-0.2, 0) is 13.1 Å². The van der Waals surface area contributed by atoms with E-state index in [2.05, 4.69) is 33.9 Å². The van der Waals surface area contributed by atoms with Gasteiger partial charge in [-0.25, -0.2) is 9.37 Å². The van der Waals surface area contributed by atoms with Gasteiger partial charge in [0.2, 0.25) is 5.89 Å². The number of carbonyl (C=O) groups excluding carboxylic acids is 1. The fraction of sp³-hybridized carbons (Fsp3) is 0.429. The zero-order valence-corrected chi connectivity index (χ0v) is 18.5. The third kappa shape index (κ3) is 3.95.